The van der Waals surface area contributed by atoms with Crippen LogP contribution in [-0.4, -0.2) is 18.8 Å². The summed E-state index contributed by atoms with van der Waals surface area (Å²) in [5, 5.41) is 18.7. The first-order valence-corrected chi connectivity index (χ1v) is 9.00. The molecule has 0 fully saturated rings. The Morgan fingerprint density at radius 3 is 2.32 bits per heavy atom. The lowest BCUT2D eigenvalue weighted by molar-refractivity contribution is 0.414. The van der Waals surface area contributed by atoms with Gasteiger partial charge in [0.25, 0.3) is 5.56 Å². The third kappa shape index (κ3) is 3.52. The van der Waals surface area contributed by atoms with E-state index in [-0.39, 0.29) is 15.8 Å². The van der Waals surface area contributed by atoms with Gasteiger partial charge in [0, 0.05) is 5.56 Å². The average molecular weight is 389 g/mol. The number of nitriles is 2. The predicted octanol–water partition coefficient (Wildman–Crippen LogP) is 1.94. The van der Waals surface area contributed by atoms with Crippen LogP contribution in [0, 0.1) is 22.7 Å². The van der Waals surface area contributed by atoms with Crippen LogP contribution in [0.1, 0.15) is 5.56 Å². The second-order valence-electron chi connectivity index (χ2n) is 5.59. The van der Waals surface area contributed by atoms with Crippen molar-refractivity contribution in [3.8, 4) is 29.3 Å². The minimum Gasteiger partial charge on any atom is -0.497 e. The number of hydrogen-bond acceptors (Lipinski definition) is 6. The Kier molecular flexibility index (Phi) is 5.59. The summed E-state index contributed by atoms with van der Waals surface area (Å²) < 4.78 is 12.5. The Labute approximate surface area is 165 Å². The number of benzene rings is 2. The summed E-state index contributed by atoms with van der Waals surface area (Å²) in [7, 11) is 3.11. The molecular weight excluding hydrogens is 374 g/mol. The van der Waals surface area contributed by atoms with Gasteiger partial charge in [-0.1, -0.05) is 18.2 Å². The van der Waals surface area contributed by atoms with E-state index >= 15 is 0 Å². The van der Waals surface area contributed by atoms with Crippen LogP contribution < -0.4 is 24.2 Å². The van der Waals surface area contributed by atoms with E-state index in [1.54, 1.807) is 50.6 Å². The molecule has 3 aromatic rings. The summed E-state index contributed by atoms with van der Waals surface area (Å²) in [6, 6.07) is 17.9. The van der Waals surface area contributed by atoms with Gasteiger partial charge in [-0.15, -0.1) is 11.3 Å². The summed E-state index contributed by atoms with van der Waals surface area (Å²) in [4.78, 5) is 13.1. The molecule has 1 aromatic heterocycles. The van der Waals surface area contributed by atoms with Gasteiger partial charge in [0.1, 0.15) is 28.3 Å². The largest absolute Gasteiger partial charge is 0.497 e. The lowest BCUT2D eigenvalue weighted by atomic mass is 10.2. The predicted molar refractivity (Wildman–Crippen MR) is 107 cm³/mol. The van der Waals surface area contributed by atoms with E-state index in [4.69, 9.17) is 9.47 Å². The normalized spacial score (nSPS) is 10.8. The van der Waals surface area contributed by atoms with E-state index in [2.05, 4.69) is 0 Å². The smallest absolute Gasteiger partial charge is 0.273 e. The maximum atomic E-state index is 13.1. The molecule has 0 aliphatic carbocycles. The second kappa shape index (κ2) is 8.26. The molecule has 138 valence electrons. The van der Waals surface area contributed by atoms with Crippen molar-refractivity contribution in [3.05, 3.63) is 73.6 Å². The van der Waals surface area contributed by atoms with E-state index in [9.17, 15) is 15.3 Å². The van der Waals surface area contributed by atoms with Crippen molar-refractivity contribution in [1.82, 2.24) is 4.57 Å². The highest BCUT2D eigenvalue weighted by Gasteiger charge is 2.12. The fourth-order valence-electron chi connectivity index (χ4n) is 2.66. The number of hydrogen-bond donors (Lipinski definition) is 0. The SMILES string of the molecule is COc1ccc(-n2c(=C(C#N)C#N)s/c(=C/c3ccccc3OC)c2=O)cc1. The average Bonchev–Trinajstić information content (AvgIpc) is 3.05. The van der Waals surface area contributed by atoms with Crippen molar-refractivity contribution in [2.24, 2.45) is 0 Å². The monoisotopic (exact) mass is 389 g/mol. The Hall–Kier alpha value is -3.81. The molecule has 0 N–H and O–H groups in total. The van der Waals surface area contributed by atoms with Gasteiger partial charge in [0.2, 0.25) is 0 Å². The van der Waals surface area contributed by atoms with Crippen LogP contribution in [0.25, 0.3) is 17.3 Å². The fraction of sp³-hybridized carbons (Fsp3) is 0.0952. The first kappa shape index (κ1) is 19.0. The van der Waals surface area contributed by atoms with Gasteiger partial charge in [-0.05, 0) is 36.4 Å². The van der Waals surface area contributed by atoms with Gasteiger partial charge in [-0.3, -0.25) is 9.36 Å². The zero-order valence-electron chi connectivity index (χ0n) is 15.2. The molecular formula is C21H15N3O3S. The molecule has 2 aromatic carbocycles. The molecule has 0 saturated carbocycles. The molecule has 0 aliphatic heterocycles. The summed E-state index contributed by atoms with van der Waals surface area (Å²) >= 11 is 1.09. The third-order valence-electron chi connectivity index (χ3n) is 4.02. The van der Waals surface area contributed by atoms with Crippen LogP contribution in [0.5, 0.6) is 11.5 Å². The zero-order chi connectivity index (χ0) is 20.1. The molecule has 28 heavy (non-hydrogen) atoms. The molecule has 1 heterocycles. The molecule has 0 aliphatic rings. The highest BCUT2D eigenvalue weighted by atomic mass is 32.1. The fourth-order valence-corrected chi connectivity index (χ4v) is 3.71. The van der Waals surface area contributed by atoms with Crippen molar-refractivity contribution in [1.29, 1.82) is 10.5 Å². The lowest BCUT2D eigenvalue weighted by Crippen LogP contribution is -2.30. The van der Waals surface area contributed by atoms with Gasteiger partial charge in [0.05, 0.1) is 24.4 Å². The van der Waals surface area contributed by atoms with Crippen LogP contribution in [0.15, 0.2) is 53.3 Å². The first-order valence-electron chi connectivity index (χ1n) is 8.18. The summed E-state index contributed by atoms with van der Waals surface area (Å²) in [5.41, 5.74) is 0.823. The Balaban J connectivity index is 2.36. The van der Waals surface area contributed by atoms with E-state index in [1.807, 2.05) is 30.3 Å². The highest BCUT2D eigenvalue weighted by molar-refractivity contribution is 7.07. The van der Waals surface area contributed by atoms with Crippen molar-refractivity contribution >= 4 is 23.0 Å². The summed E-state index contributed by atoms with van der Waals surface area (Å²) in [5.74, 6) is 1.26. The number of rotatable bonds is 4. The number of ether oxygens (including phenoxy) is 2. The molecule has 0 atom stereocenters. The summed E-state index contributed by atoms with van der Waals surface area (Å²) in [6.07, 6.45) is 1.70. The van der Waals surface area contributed by atoms with Crippen molar-refractivity contribution in [3.63, 3.8) is 0 Å². The van der Waals surface area contributed by atoms with Crippen molar-refractivity contribution in [2.45, 2.75) is 0 Å². The second-order valence-corrected chi connectivity index (χ2v) is 6.63. The molecule has 0 saturated heterocycles. The quantitative estimate of drug-likeness (QED) is 0.680. The van der Waals surface area contributed by atoms with Crippen molar-refractivity contribution in [2.75, 3.05) is 14.2 Å². The molecule has 0 unspecified atom stereocenters. The molecule has 3 rings (SSSR count). The maximum absolute atomic E-state index is 13.1. The lowest BCUT2D eigenvalue weighted by Gasteiger charge is -2.04. The van der Waals surface area contributed by atoms with Crippen LogP contribution >= 0.6 is 11.3 Å². The zero-order valence-corrected chi connectivity index (χ0v) is 16.0. The van der Waals surface area contributed by atoms with Gasteiger partial charge < -0.3 is 9.47 Å². The molecule has 6 nitrogen and oxygen atoms in total. The maximum Gasteiger partial charge on any atom is 0.273 e. The molecule has 0 amide bonds. The van der Waals surface area contributed by atoms with Gasteiger partial charge >= 0.3 is 0 Å². The van der Waals surface area contributed by atoms with E-state index in [0.717, 1.165) is 16.9 Å². The topological polar surface area (TPSA) is 88.0 Å². The van der Waals surface area contributed by atoms with E-state index < -0.39 is 0 Å². The number of nitrogens with zero attached hydrogens (tertiary/aromatic N) is 3. The number of aromatic nitrogens is 1. The molecule has 0 spiro atoms. The van der Waals surface area contributed by atoms with Crippen LogP contribution in [0.4, 0.5) is 0 Å². The van der Waals surface area contributed by atoms with E-state index in [0.29, 0.717) is 21.7 Å². The molecule has 0 radical (unpaired) electrons. The van der Waals surface area contributed by atoms with Gasteiger partial charge in [-0.25, -0.2) is 0 Å². The Morgan fingerprint density at radius 1 is 1.04 bits per heavy atom. The van der Waals surface area contributed by atoms with Crippen LogP contribution in [-0.2, 0) is 0 Å². The number of thiazole rings is 1. The van der Waals surface area contributed by atoms with Crippen molar-refractivity contribution < 1.29 is 9.47 Å². The number of methoxy groups -OCH3 is 2. The number of para-hydroxylation sites is 1. The standard InChI is InChI=1S/C21H15N3O3S/c1-26-17-9-7-16(8-10-17)24-20(25)19(28-21(24)15(12-22)13-23)11-14-5-3-4-6-18(14)27-2/h3-11H,1-2H3/b19-11+. The Morgan fingerprint density at radius 2 is 1.71 bits per heavy atom. The third-order valence-corrected chi connectivity index (χ3v) is 5.11. The highest BCUT2D eigenvalue weighted by Crippen LogP contribution is 2.17. The minimum absolute atomic E-state index is 0.127. The first-order chi connectivity index (χ1) is 13.6. The molecule has 0 bridgehead atoms. The van der Waals surface area contributed by atoms with Crippen LogP contribution in [0.2, 0.25) is 0 Å². The van der Waals surface area contributed by atoms with E-state index in [1.165, 1.54) is 4.57 Å². The minimum atomic E-state index is -0.320. The Bertz CT molecular complexity index is 1260. The van der Waals surface area contributed by atoms with Gasteiger partial charge in [0.15, 0.2) is 5.57 Å². The van der Waals surface area contributed by atoms with Gasteiger partial charge in [-0.2, -0.15) is 10.5 Å². The van der Waals surface area contributed by atoms with Crippen LogP contribution in [0.3, 0.4) is 0 Å². The molecule has 7 heteroatoms. The summed E-state index contributed by atoms with van der Waals surface area (Å²) in [6.45, 7) is 0.